The Balaban J connectivity index is 1.80. The monoisotopic (exact) mass is 390 g/mol. The number of methoxy groups -OCH3 is 1. The zero-order valence-corrected chi connectivity index (χ0v) is 15.1. The van der Waals surface area contributed by atoms with Gasteiger partial charge < -0.3 is 15.4 Å². The molecule has 0 unspecified atom stereocenters. The summed E-state index contributed by atoms with van der Waals surface area (Å²) < 4.78 is 6.04. The van der Waals surface area contributed by atoms with Gasteiger partial charge in [-0.25, -0.2) is 0 Å². The van der Waals surface area contributed by atoms with Gasteiger partial charge in [-0.3, -0.25) is 9.59 Å². The highest BCUT2D eigenvalue weighted by atomic mass is 79.9. The first-order valence-corrected chi connectivity index (χ1v) is 8.27. The summed E-state index contributed by atoms with van der Waals surface area (Å²) in [6.45, 7) is 2.30. The zero-order chi connectivity index (χ0) is 17.5. The summed E-state index contributed by atoms with van der Waals surface area (Å²) in [4.78, 5) is 23.7. The fourth-order valence-electron chi connectivity index (χ4n) is 2.10. The Bertz CT molecular complexity index is 730. The SMILES string of the molecule is COc1ccc(CCNC(=O)C(=O)Nc2ccc(Br)c(C)c2)cc1. The molecular weight excluding hydrogens is 372 g/mol. The van der Waals surface area contributed by atoms with Gasteiger partial charge in [0.2, 0.25) is 0 Å². The summed E-state index contributed by atoms with van der Waals surface area (Å²) in [7, 11) is 1.61. The minimum atomic E-state index is -0.675. The van der Waals surface area contributed by atoms with Crippen LogP contribution in [0, 0.1) is 6.92 Å². The van der Waals surface area contributed by atoms with Crippen LogP contribution >= 0.6 is 15.9 Å². The van der Waals surface area contributed by atoms with Crippen molar-refractivity contribution in [1.29, 1.82) is 0 Å². The van der Waals surface area contributed by atoms with Gasteiger partial charge in [-0.2, -0.15) is 0 Å². The third-order valence-corrected chi connectivity index (χ3v) is 4.37. The van der Waals surface area contributed by atoms with Crippen molar-refractivity contribution in [2.75, 3.05) is 19.0 Å². The van der Waals surface area contributed by atoms with Crippen molar-refractivity contribution in [3.63, 3.8) is 0 Å². The van der Waals surface area contributed by atoms with Crippen LogP contribution in [0.15, 0.2) is 46.9 Å². The first-order chi connectivity index (χ1) is 11.5. The van der Waals surface area contributed by atoms with E-state index >= 15 is 0 Å². The number of carbonyl (C=O) groups excluding carboxylic acids is 2. The molecule has 0 aromatic heterocycles. The Kier molecular flexibility index (Phi) is 6.37. The number of nitrogens with one attached hydrogen (secondary N) is 2. The average molecular weight is 391 g/mol. The van der Waals surface area contributed by atoms with Gasteiger partial charge >= 0.3 is 11.8 Å². The lowest BCUT2D eigenvalue weighted by molar-refractivity contribution is -0.136. The maximum Gasteiger partial charge on any atom is 0.313 e. The topological polar surface area (TPSA) is 67.4 Å². The highest BCUT2D eigenvalue weighted by molar-refractivity contribution is 9.10. The fraction of sp³-hybridized carbons (Fsp3) is 0.222. The number of halogens is 1. The van der Waals surface area contributed by atoms with Crippen LogP contribution in [-0.4, -0.2) is 25.5 Å². The molecule has 0 aliphatic rings. The van der Waals surface area contributed by atoms with E-state index in [1.54, 1.807) is 19.2 Å². The van der Waals surface area contributed by atoms with Crippen LogP contribution in [0.4, 0.5) is 5.69 Å². The lowest BCUT2D eigenvalue weighted by Crippen LogP contribution is -2.36. The zero-order valence-electron chi connectivity index (χ0n) is 13.6. The highest BCUT2D eigenvalue weighted by Crippen LogP contribution is 2.19. The van der Waals surface area contributed by atoms with Gasteiger partial charge in [0.1, 0.15) is 5.75 Å². The molecule has 0 aliphatic heterocycles. The van der Waals surface area contributed by atoms with Crippen LogP contribution in [0.5, 0.6) is 5.75 Å². The van der Waals surface area contributed by atoms with Crippen molar-refractivity contribution in [3.8, 4) is 5.75 Å². The molecule has 2 amide bonds. The van der Waals surface area contributed by atoms with Gasteiger partial charge in [0.05, 0.1) is 7.11 Å². The molecule has 0 radical (unpaired) electrons. The number of benzene rings is 2. The molecular formula is C18H19BrN2O3. The molecule has 0 fully saturated rings. The quantitative estimate of drug-likeness (QED) is 0.770. The number of hydrogen-bond donors (Lipinski definition) is 2. The van der Waals surface area contributed by atoms with Crippen molar-refractivity contribution in [1.82, 2.24) is 5.32 Å². The first-order valence-electron chi connectivity index (χ1n) is 7.48. The predicted molar refractivity (Wildman–Crippen MR) is 97.2 cm³/mol. The fourth-order valence-corrected chi connectivity index (χ4v) is 2.35. The molecule has 0 atom stereocenters. The number of amides is 2. The lowest BCUT2D eigenvalue weighted by Gasteiger charge is -2.08. The van der Waals surface area contributed by atoms with Crippen LogP contribution in [-0.2, 0) is 16.0 Å². The summed E-state index contributed by atoms with van der Waals surface area (Å²) in [5, 5.41) is 5.20. The summed E-state index contributed by atoms with van der Waals surface area (Å²) in [6.07, 6.45) is 0.639. The van der Waals surface area contributed by atoms with E-state index in [4.69, 9.17) is 4.74 Å². The standard InChI is InChI=1S/C18H19BrN2O3/c1-12-11-14(5-8-16(12)19)21-18(23)17(22)20-10-9-13-3-6-15(24-2)7-4-13/h3-8,11H,9-10H2,1-2H3,(H,20,22)(H,21,23). The van der Waals surface area contributed by atoms with E-state index in [0.29, 0.717) is 18.7 Å². The third kappa shape index (κ3) is 5.09. The average Bonchev–Trinajstić information content (AvgIpc) is 2.58. The largest absolute Gasteiger partial charge is 0.497 e. The Labute approximate surface area is 149 Å². The maximum atomic E-state index is 11.9. The Morgan fingerprint density at radius 1 is 1.08 bits per heavy atom. The second-order valence-corrected chi connectivity index (χ2v) is 6.13. The van der Waals surface area contributed by atoms with E-state index in [1.165, 1.54) is 0 Å². The maximum absolute atomic E-state index is 11.9. The number of rotatable bonds is 5. The molecule has 0 aliphatic carbocycles. The van der Waals surface area contributed by atoms with E-state index in [1.807, 2.05) is 37.3 Å². The van der Waals surface area contributed by atoms with Gasteiger partial charge in [0.15, 0.2) is 0 Å². The van der Waals surface area contributed by atoms with Crippen LogP contribution in [0.1, 0.15) is 11.1 Å². The normalized spacial score (nSPS) is 10.1. The minimum absolute atomic E-state index is 0.387. The summed E-state index contributed by atoms with van der Waals surface area (Å²) in [5.41, 5.74) is 2.62. The Hall–Kier alpha value is -2.34. The molecule has 2 aromatic carbocycles. The Morgan fingerprint density at radius 2 is 1.79 bits per heavy atom. The van der Waals surface area contributed by atoms with E-state index in [2.05, 4.69) is 26.6 Å². The van der Waals surface area contributed by atoms with Crippen LogP contribution in [0.25, 0.3) is 0 Å². The molecule has 24 heavy (non-hydrogen) atoms. The van der Waals surface area contributed by atoms with Crippen LogP contribution < -0.4 is 15.4 Å². The third-order valence-electron chi connectivity index (χ3n) is 3.48. The smallest absolute Gasteiger partial charge is 0.313 e. The van der Waals surface area contributed by atoms with Crippen LogP contribution in [0.2, 0.25) is 0 Å². The highest BCUT2D eigenvalue weighted by Gasteiger charge is 2.13. The summed E-state index contributed by atoms with van der Waals surface area (Å²) in [5.74, 6) is -0.539. The van der Waals surface area contributed by atoms with E-state index in [9.17, 15) is 9.59 Å². The number of hydrogen-bond acceptors (Lipinski definition) is 3. The van der Waals surface area contributed by atoms with Gasteiger partial charge in [0.25, 0.3) is 0 Å². The lowest BCUT2D eigenvalue weighted by atomic mass is 10.1. The molecule has 0 saturated heterocycles. The van der Waals surface area contributed by atoms with Gasteiger partial charge in [-0.15, -0.1) is 0 Å². The second kappa shape index (κ2) is 8.49. The van der Waals surface area contributed by atoms with Crippen molar-refractivity contribution in [3.05, 3.63) is 58.1 Å². The van der Waals surface area contributed by atoms with Gasteiger partial charge in [-0.1, -0.05) is 28.1 Å². The summed E-state index contributed by atoms with van der Waals surface area (Å²) >= 11 is 3.39. The number of carbonyl (C=O) groups is 2. The van der Waals surface area contributed by atoms with Crippen molar-refractivity contribution in [2.45, 2.75) is 13.3 Å². The molecule has 126 valence electrons. The molecule has 0 spiro atoms. The number of ether oxygens (including phenoxy) is 1. The van der Waals surface area contributed by atoms with Crippen molar-refractivity contribution in [2.24, 2.45) is 0 Å². The number of aryl methyl sites for hydroxylation is 1. The summed E-state index contributed by atoms with van der Waals surface area (Å²) in [6, 6.07) is 12.9. The molecule has 2 aromatic rings. The van der Waals surface area contributed by atoms with Crippen LogP contribution in [0.3, 0.4) is 0 Å². The molecule has 0 saturated carbocycles. The predicted octanol–water partition coefficient (Wildman–Crippen LogP) is 3.06. The van der Waals surface area contributed by atoms with E-state index in [-0.39, 0.29) is 0 Å². The molecule has 0 bridgehead atoms. The molecule has 2 N–H and O–H groups in total. The molecule has 0 heterocycles. The first kappa shape index (κ1) is 18.0. The van der Waals surface area contributed by atoms with Gasteiger partial charge in [-0.05, 0) is 54.8 Å². The molecule has 2 rings (SSSR count). The van der Waals surface area contributed by atoms with E-state index in [0.717, 1.165) is 21.3 Å². The van der Waals surface area contributed by atoms with Crippen molar-refractivity contribution >= 4 is 33.4 Å². The van der Waals surface area contributed by atoms with E-state index < -0.39 is 11.8 Å². The second-order valence-electron chi connectivity index (χ2n) is 5.27. The Morgan fingerprint density at radius 3 is 2.42 bits per heavy atom. The molecule has 6 heteroatoms. The van der Waals surface area contributed by atoms with Crippen molar-refractivity contribution < 1.29 is 14.3 Å². The van der Waals surface area contributed by atoms with Gasteiger partial charge in [0, 0.05) is 16.7 Å². The molecule has 5 nitrogen and oxygen atoms in total. The minimum Gasteiger partial charge on any atom is -0.497 e. The number of anilines is 1.